The number of ketones is 1. The summed E-state index contributed by atoms with van der Waals surface area (Å²) < 4.78 is 34.2. The Kier molecular flexibility index (Phi) is 7.35. The molecule has 1 fully saturated rings. The smallest absolute Gasteiger partial charge is 0.258 e. The molecule has 1 aromatic heterocycles. The van der Waals surface area contributed by atoms with Crippen LogP contribution in [0.1, 0.15) is 58.5 Å². The van der Waals surface area contributed by atoms with Crippen molar-refractivity contribution in [2.24, 2.45) is 5.92 Å². The van der Waals surface area contributed by atoms with Crippen LogP contribution in [0.5, 0.6) is 0 Å². The first-order chi connectivity index (χ1) is 18.9. The molecule has 0 N–H and O–H groups in total. The summed E-state index contributed by atoms with van der Waals surface area (Å²) in [5.74, 6) is -0.292. The fourth-order valence-electron chi connectivity index (χ4n) is 6.32. The lowest BCUT2D eigenvalue weighted by Crippen LogP contribution is -2.42. The minimum atomic E-state index is -3.61. The second kappa shape index (κ2) is 10.8. The number of ether oxygens (including phenoxy) is 1. The van der Waals surface area contributed by atoms with E-state index >= 15 is 0 Å². The van der Waals surface area contributed by atoms with Gasteiger partial charge in [-0.05, 0) is 79.7 Å². The molecule has 39 heavy (non-hydrogen) atoms. The molecule has 0 saturated carbocycles. The van der Waals surface area contributed by atoms with Crippen LogP contribution in [0.15, 0.2) is 40.6 Å². The van der Waals surface area contributed by atoms with Crippen molar-refractivity contribution >= 4 is 49.5 Å². The minimum absolute atomic E-state index is 0.0152. The number of thiophene rings is 1. The van der Waals surface area contributed by atoms with E-state index in [9.17, 15) is 18.0 Å². The highest BCUT2D eigenvalue weighted by atomic mass is 32.2. The second-order valence-corrected chi connectivity index (χ2v) is 14.1. The van der Waals surface area contributed by atoms with E-state index in [1.165, 1.54) is 26.1 Å². The van der Waals surface area contributed by atoms with Crippen molar-refractivity contribution in [2.45, 2.75) is 55.6 Å². The second-order valence-electron chi connectivity index (χ2n) is 10.8. The average molecular weight is 567 g/mol. The standard InChI is InChI=1S/C30H34N2O5S2/c1-37-16-6-15-32-25-13-12-20(23-9-4-10-24(29(23)25)30(32)34)17-26(33)22-8-5-14-31(19-22)39(35,36)28-18-21-7-2-3-11-27(21)38-28/h4,9-10,12-13,18,22H,2-3,5-8,11,14-17,19H2,1H3. The van der Waals surface area contributed by atoms with E-state index < -0.39 is 10.0 Å². The maximum absolute atomic E-state index is 13.6. The van der Waals surface area contributed by atoms with Crippen LogP contribution in [-0.4, -0.2) is 57.8 Å². The van der Waals surface area contributed by atoms with Crippen molar-refractivity contribution in [3.63, 3.8) is 0 Å². The zero-order valence-corrected chi connectivity index (χ0v) is 23.9. The fraction of sp³-hybridized carbons (Fsp3) is 0.467. The van der Waals surface area contributed by atoms with Crippen LogP contribution in [0, 0.1) is 5.92 Å². The zero-order valence-electron chi connectivity index (χ0n) is 22.3. The number of rotatable bonds is 9. The van der Waals surface area contributed by atoms with Crippen LogP contribution >= 0.6 is 11.3 Å². The number of Topliss-reactive ketones (excluding diaryl/α,β-unsaturated/α-hetero) is 1. The van der Waals surface area contributed by atoms with Gasteiger partial charge in [-0.3, -0.25) is 9.59 Å². The molecular formula is C30H34N2O5S2. The molecule has 0 spiro atoms. The summed E-state index contributed by atoms with van der Waals surface area (Å²) in [7, 11) is -1.95. The van der Waals surface area contributed by atoms with E-state index in [1.807, 2.05) is 36.4 Å². The van der Waals surface area contributed by atoms with Gasteiger partial charge in [0.1, 0.15) is 9.99 Å². The SMILES string of the molecule is COCCCN1C(=O)c2cccc3c(CC(=O)C4CCCN(S(=O)(=O)c5cc6c(s5)CCCC6)C4)ccc1c23. The van der Waals surface area contributed by atoms with Gasteiger partial charge in [0.25, 0.3) is 15.9 Å². The monoisotopic (exact) mass is 566 g/mol. The van der Waals surface area contributed by atoms with Gasteiger partial charge in [-0.2, -0.15) is 4.31 Å². The van der Waals surface area contributed by atoms with Gasteiger partial charge >= 0.3 is 0 Å². The minimum Gasteiger partial charge on any atom is -0.385 e. The van der Waals surface area contributed by atoms with Gasteiger partial charge in [0.05, 0.1) is 5.69 Å². The predicted octanol–water partition coefficient (Wildman–Crippen LogP) is 4.99. The molecule has 1 amide bonds. The van der Waals surface area contributed by atoms with Gasteiger partial charge in [-0.1, -0.05) is 18.2 Å². The van der Waals surface area contributed by atoms with Crippen molar-refractivity contribution in [3.05, 3.63) is 58.0 Å². The van der Waals surface area contributed by atoms with Gasteiger partial charge in [0, 0.05) is 61.5 Å². The number of hydrogen-bond donors (Lipinski definition) is 0. The Morgan fingerprint density at radius 1 is 1.13 bits per heavy atom. The summed E-state index contributed by atoms with van der Waals surface area (Å²) in [6.07, 6.45) is 6.48. The summed E-state index contributed by atoms with van der Waals surface area (Å²) in [5, 5.41) is 1.82. The molecule has 206 valence electrons. The van der Waals surface area contributed by atoms with Crippen LogP contribution in [0.4, 0.5) is 5.69 Å². The molecule has 7 nitrogen and oxygen atoms in total. The Labute approximate surface area is 233 Å². The van der Waals surface area contributed by atoms with E-state index in [-0.39, 0.29) is 30.6 Å². The molecule has 1 atom stereocenters. The summed E-state index contributed by atoms with van der Waals surface area (Å²) in [6, 6.07) is 11.5. The predicted molar refractivity (Wildman–Crippen MR) is 153 cm³/mol. The summed E-state index contributed by atoms with van der Waals surface area (Å²) in [5.41, 5.74) is 3.62. The topological polar surface area (TPSA) is 84.0 Å². The van der Waals surface area contributed by atoms with Crippen LogP contribution in [0.2, 0.25) is 0 Å². The van der Waals surface area contributed by atoms with E-state index in [0.717, 1.165) is 54.1 Å². The molecule has 1 aliphatic carbocycles. The summed E-state index contributed by atoms with van der Waals surface area (Å²) in [6.45, 7) is 1.85. The van der Waals surface area contributed by atoms with Gasteiger partial charge in [0.15, 0.2) is 0 Å². The summed E-state index contributed by atoms with van der Waals surface area (Å²) >= 11 is 1.41. The lowest BCUT2D eigenvalue weighted by atomic mass is 9.89. The van der Waals surface area contributed by atoms with Crippen molar-refractivity contribution in [1.82, 2.24) is 4.31 Å². The molecule has 6 rings (SSSR count). The van der Waals surface area contributed by atoms with E-state index in [2.05, 4.69) is 0 Å². The number of carbonyl (C=O) groups is 2. The normalized spacial score (nSPS) is 19.6. The third kappa shape index (κ3) is 4.84. The number of anilines is 1. The van der Waals surface area contributed by atoms with Crippen LogP contribution in [0.25, 0.3) is 10.8 Å². The van der Waals surface area contributed by atoms with Gasteiger partial charge < -0.3 is 9.64 Å². The highest BCUT2D eigenvalue weighted by Crippen LogP contribution is 2.40. The largest absolute Gasteiger partial charge is 0.385 e. The number of piperidine rings is 1. The number of aryl methyl sites for hydroxylation is 2. The number of sulfonamides is 1. The molecular weight excluding hydrogens is 532 g/mol. The number of methoxy groups -OCH3 is 1. The van der Waals surface area contributed by atoms with Crippen LogP contribution in [0.3, 0.4) is 0 Å². The highest BCUT2D eigenvalue weighted by molar-refractivity contribution is 7.91. The molecule has 3 heterocycles. The van der Waals surface area contributed by atoms with Gasteiger partial charge in [-0.25, -0.2) is 8.42 Å². The first-order valence-electron chi connectivity index (χ1n) is 13.9. The lowest BCUT2D eigenvalue weighted by Gasteiger charge is -2.31. The molecule has 1 unspecified atom stereocenters. The van der Waals surface area contributed by atoms with E-state index in [1.54, 1.807) is 12.0 Å². The van der Waals surface area contributed by atoms with Crippen molar-refractivity contribution in [3.8, 4) is 0 Å². The Balaban J connectivity index is 1.21. The first-order valence-corrected chi connectivity index (χ1v) is 16.1. The van der Waals surface area contributed by atoms with Crippen LogP contribution in [-0.2, 0) is 38.8 Å². The van der Waals surface area contributed by atoms with Crippen molar-refractivity contribution in [2.75, 3.05) is 38.3 Å². The molecule has 3 aromatic rings. The maximum Gasteiger partial charge on any atom is 0.258 e. The number of fused-ring (bicyclic) bond motifs is 1. The Morgan fingerprint density at radius 3 is 2.79 bits per heavy atom. The summed E-state index contributed by atoms with van der Waals surface area (Å²) in [4.78, 5) is 29.7. The number of nitrogens with zero attached hydrogens (tertiary/aromatic N) is 2. The Morgan fingerprint density at radius 2 is 1.97 bits per heavy atom. The van der Waals surface area contributed by atoms with E-state index in [4.69, 9.17) is 4.74 Å². The average Bonchev–Trinajstić information content (AvgIpc) is 3.51. The first kappa shape index (κ1) is 26.6. The zero-order chi connectivity index (χ0) is 27.1. The maximum atomic E-state index is 13.6. The number of amides is 1. The number of hydrogen-bond acceptors (Lipinski definition) is 6. The molecule has 1 saturated heterocycles. The Bertz CT molecular complexity index is 1520. The number of benzene rings is 2. The fourth-order valence-corrected chi connectivity index (χ4v) is 9.64. The van der Waals surface area contributed by atoms with E-state index in [0.29, 0.717) is 42.3 Å². The van der Waals surface area contributed by atoms with Crippen LogP contribution < -0.4 is 4.90 Å². The molecule has 0 bridgehead atoms. The third-order valence-electron chi connectivity index (χ3n) is 8.38. The van der Waals surface area contributed by atoms with Crippen molar-refractivity contribution < 1.29 is 22.7 Å². The Hall–Kier alpha value is -2.59. The van der Waals surface area contributed by atoms with Gasteiger partial charge in [0.2, 0.25) is 0 Å². The molecule has 2 aromatic carbocycles. The van der Waals surface area contributed by atoms with Crippen molar-refractivity contribution in [1.29, 1.82) is 0 Å². The molecule has 3 aliphatic rings. The quantitative estimate of drug-likeness (QED) is 0.341. The molecule has 9 heteroatoms. The highest BCUT2D eigenvalue weighted by Gasteiger charge is 2.35. The molecule has 0 radical (unpaired) electrons. The van der Waals surface area contributed by atoms with Gasteiger partial charge in [-0.15, -0.1) is 11.3 Å². The molecule has 2 aliphatic heterocycles. The number of carbonyl (C=O) groups excluding carboxylic acids is 2. The lowest BCUT2D eigenvalue weighted by molar-refractivity contribution is -0.123. The third-order valence-corrected chi connectivity index (χ3v) is 11.9.